The number of imidazole rings is 1. The summed E-state index contributed by atoms with van der Waals surface area (Å²) in [5.41, 5.74) is 7.56. The largest absolute Gasteiger partial charge is 0.507 e. The van der Waals surface area contributed by atoms with Crippen molar-refractivity contribution in [3.63, 3.8) is 0 Å². The van der Waals surface area contributed by atoms with E-state index in [1.807, 2.05) is 6.07 Å². The second-order valence-corrected chi connectivity index (χ2v) is 4.56. The number of nitrogens with zero attached hydrogens (tertiary/aromatic N) is 3. The third kappa shape index (κ3) is 1.68. The van der Waals surface area contributed by atoms with E-state index in [1.165, 1.54) is 6.33 Å². The van der Waals surface area contributed by atoms with Gasteiger partial charge in [-0.2, -0.15) is 0 Å². The highest BCUT2D eigenvalue weighted by Crippen LogP contribution is 2.29. The Morgan fingerprint density at radius 2 is 2.11 bits per heavy atom. The van der Waals surface area contributed by atoms with Crippen molar-refractivity contribution in [3.8, 4) is 17.1 Å². The molecule has 90 valence electrons. The van der Waals surface area contributed by atoms with Gasteiger partial charge in [-0.05, 0) is 34.1 Å². The molecule has 0 unspecified atom stereocenters. The van der Waals surface area contributed by atoms with E-state index >= 15 is 0 Å². The number of benzene rings is 1. The molecule has 0 aliphatic heterocycles. The van der Waals surface area contributed by atoms with Crippen molar-refractivity contribution in [1.82, 2.24) is 19.9 Å². The van der Waals surface area contributed by atoms with E-state index < -0.39 is 0 Å². The fourth-order valence-corrected chi connectivity index (χ4v) is 1.89. The third-order valence-electron chi connectivity index (χ3n) is 2.54. The van der Waals surface area contributed by atoms with E-state index in [0.29, 0.717) is 27.3 Å². The van der Waals surface area contributed by atoms with Crippen LogP contribution in [0.15, 0.2) is 29.0 Å². The summed E-state index contributed by atoms with van der Waals surface area (Å²) in [4.78, 5) is 15.2. The molecule has 0 amide bonds. The molecule has 7 heteroatoms. The highest BCUT2D eigenvalue weighted by atomic mass is 79.9. The van der Waals surface area contributed by atoms with Crippen LogP contribution >= 0.6 is 15.9 Å². The molecular formula is C11H8BrN5O. The number of aromatic nitrogens is 4. The highest BCUT2D eigenvalue weighted by Gasteiger charge is 2.10. The van der Waals surface area contributed by atoms with Gasteiger partial charge in [-0.15, -0.1) is 0 Å². The lowest BCUT2D eigenvalue weighted by atomic mass is 10.2. The van der Waals surface area contributed by atoms with Crippen molar-refractivity contribution in [1.29, 1.82) is 0 Å². The van der Waals surface area contributed by atoms with Gasteiger partial charge in [-0.25, -0.2) is 15.0 Å². The quantitative estimate of drug-likeness (QED) is 0.639. The van der Waals surface area contributed by atoms with Gasteiger partial charge in [0.15, 0.2) is 11.5 Å². The summed E-state index contributed by atoms with van der Waals surface area (Å²) in [6, 6.07) is 5.17. The lowest BCUT2D eigenvalue weighted by Crippen LogP contribution is -1.91. The number of aromatic amines is 1. The molecule has 0 saturated carbocycles. The van der Waals surface area contributed by atoms with Crippen LogP contribution in [-0.4, -0.2) is 25.0 Å². The number of phenolic OH excluding ortho intramolecular Hbond substituents is 1. The number of rotatable bonds is 1. The molecule has 0 atom stereocenters. The van der Waals surface area contributed by atoms with Crippen LogP contribution in [0.5, 0.6) is 5.75 Å². The summed E-state index contributed by atoms with van der Waals surface area (Å²) in [6.45, 7) is 0. The van der Waals surface area contributed by atoms with Crippen molar-refractivity contribution in [2.45, 2.75) is 0 Å². The number of halogens is 1. The van der Waals surface area contributed by atoms with Gasteiger partial charge in [-0.3, -0.25) is 0 Å². The van der Waals surface area contributed by atoms with Gasteiger partial charge in [0.1, 0.15) is 23.4 Å². The van der Waals surface area contributed by atoms with Crippen LogP contribution in [0.1, 0.15) is 0 Å². The number of nitrogens with one attached hydrogen (secondary N) is 1. The minimum Gasteiger partial charge on any atom is -0.507 e. The first-order valence-corrected chi connectivity index (χ1v) is 5.89. The predicted octanol–water partition coefficient (Wildman–Crippen LogP) is 2.07. The summed E-state index contributed by atoms with van der Waals surface area (Å²) < 4.78 is 0.627. The number of H-pyrrole nitrogens is 1. The molecule has 0 fully saturated rings. The van der Waals surface area contributed by atoms with Gasteiger partial charge < -0.3 is 15.8 Å². The molecule has 0 aliphatic carbocycles. The Kier molecular flexibility index (Phi) is 2.41. The molecule has 6 nitrogen and oxygen atoms in total. The van der Waals surface area contributed by atoms with Crippen LogP contribution in [-0.2, 0) is 0 Å². The molecule has 18 heavy (non-hydrogen) atoms. The molecule has 0 spiro atoms. The standard InChI is InChI=1S/C11H8BrN5O/c12-6-2-1-5(3-7(6)18)10-16-8-9(13)14-4-15-11(8)17-10/h1-4,18H,(H3,13,14,15,16,17). The number of fused-ring (bicyclic) bond motifs is 1. The number of phenols is 1. The van der Waals surface area contributed by atoms with E-state index in [0.717, 1.165) is 5.56 Å². The smallest absolute Gasteiger partial charge is 0.183 e. The maximum atomic E-state index is 9.65. The van der Waals surface area contributed by atoms with Gasteiger partial charge in [0, 0.05) is 5.56 Å². The number of anilines is 1. The SMILES string of the molecule is Nc1ncnc2nc(-c3ccc(Br)c(O)c3)[nH]c12. The molecule has 0 radical (unpaired) electrons. The van der Waals surface area contributed by atoms with E-state index in [-0.39, 0.29) is 5.75 Å². The van der Waals surface area contributed by atoms with E-state index in [9.17, 15) is 5.11 Å². The van der Waals surface area contributed by atoms with Crippen LogP contribution < -0.4 is 5.73 Å². The number of hydrogen-bond donors (Lipinski definition) is 3. The van der Waals surface area contributed by atoms with Crippen LogP contribution in [0.4, 0.5) is 5.82 Å². The first kappa shape index (κ1) is 11.0. The topological polar surface area (TPSA) is 101 Å². The van der Waals surface area contributed by atoms with Crippen LogP contribution in [0.25, 0.3) is 22.6 Å². The molecule has 0 aliphatic rings. The zero-order valence-corrected chi connectivity index (χ0v) is 10.6. The lowest BCUT2D eigenvalue weighted by molar-refractivity contribution is 0.472. The van der Waals surface area contributed by atoms with E-state index in [2.05, 4.69) is 35.9 Å². The number of nitrogens with two attached hydrogens (primary N) is 1. The average Bonchev–Trinajstić information content (AvgIpc) is 2.78. The summed E-state index contributed by atoms with van der Waals surface area (Å²) in [5.74, 6) is 1.08. The molecule has 2 aromatic heterocycles. The third-order valence-corrected chi connectivity index (χ3v) is 3.21. The monoisotopic (exact) mass is 305 g/mol. The molecule has 1 aromatic carbocycles. The van der Waals surface area contributed by atoms with Crippen LogP contribution in [0.3, 0.4) is 0 Å². The number of hydrogen-bond acceptors (Lipinski definition) is 5. The predicted molar refractivity (Wildman–Crippen MR) is 70.9 cm³/mol. The average molecular weight is 306 g/mol. The fraction of sp³-hybridized carbons (Fsp3) is 0. The van der Waals surface area contributed by atoms with Gasteiger partial charge in [0.25, 0.3) is 0 Å². The van der Waals surface area contributed by atoms with Crippen molar-refractivity contribution < 1.29 is 5.11 Å². The van der Waals surface area contributed by atoms with Crippen molar-refractivity contribution in [2.75, 3.05) is 5.73 Å². The Morgan fingerprint density at radius 1 is 1.28 bits per heavy atom. The van der Waals surface area contributed by atoms with Gasteiger partial charge in [0.2, 0.25) is 0 Å². The molecule has 4 N–H and O–H groups in total. The minimum atomic E-state index is 0.145. The summed E-state index contributed by atoms with van der Waals surface area (Å²) in [7, 11) is 0. The molecule has 3 rings (SSSR count). The Labute approximate surface area is 110 Å². The van der Waals surface area contributed by atoms with Crippen molar-refractivity contribution >= 4 is 32.9 Å². The second kappa shape index (κ2) is 3.95. The van der Waals surface area contributed by atoms with E-state index in [4.69, 9.17) is 5.73 Å². The first-order valence-electron chi connectivity index (χ1n) is 5.10. The van der Waals surface area contributed by atoms with Gasteiger partial charge in [0.05, 0.1) is 4.47 Å². The van der Waals surface area contributed by atoms with Gasteiger partial charge in [-0.1, -0.05) is 0 Å². The Bertz CT molecular complexity index is 739. The number of nitrogen functional groups attached to an aromatic ring is 1. The Balaban J connectivity index is 2.19. The normalized spacial score (nSPS) is 10.9. The molecule has 3 aromatic rings. The number of aromatic hydroxyl groups is 1. The zero-order chi connectivity index (χ0) is 12.7. The maximum Gasteiger partial charge on any atom is 0.183 e. The van der Waals surface area contributed by atoms with Crippen LogP contribution in [0.2, 0.25) is 0 Å². The zero-order valence-electron chi connectivity index (χ0n) is 9.05. The lowest BCUT2D eigenvalue weighted by Gasteiger charge is -1.99. The Hall–Kier alpha value is -2.15. The summed E-state index contributed by atoms with van der Waals surface area (Å²) in [5, 5.41) is 9.65. The van der Waals surface area contributed by atoms with Gasteiger partial charge >= 0.3 is 0 Å². The minimum absolute atomic E-state index is 0.145. The highest BCUT2D eigenvalue weighted by molar-refractivity contribution is 9.10. The van der Waals surface area contributed by atoms with E-state index in [1.54, 1.807) is 12.1 Å². The Morgan fingerprint density at radius 3 is 2.83 bits per heavy atom. The summed E-state index contributed by atoms with van der Waals surface area (Å²) in [6.07, 6.45) is 1.36. The second-order valence-electron chi connectivity index (χ2n) is 3.71. The van der Waals surface area contributed by atoms with Crippen LogP contribution in [0, 0.1) is 0 Å². The first-order chi connectivity index (χ1) is 8.65. The molecule has 2 heterocycles. The molecule has 0 bridgehead atoms. The van der Waals surface area contributed by atoms with Crippen molar-refractivity contribution in [3.05, 3.63) is 29.0 Å². The fourth-order valence-electron chi connectivity index (χ4n) is 1.64. The van der Waals surface area contributed by atoms with Crippen molar-refractivity contribution in [2.24, 2.45) is 0 Å². The molecular weight excluding hydrogens is 298 g/mol. The summed E-state index contributed by atoms with van der Waals surface area (Å²) >= 11 is 3.23. The maximum absolute atomic E-state index is 9.65. The molecule has 0 saturated heterocycles.